The van der Waals surface area contributed by atoms with Crippen LogP contribution in [0.4, 0.5) is 0 Å². The summed E-state index contributed by atoms with van der Waals surface area (Å²) in [7, 11) is 0. The van der Waals surface area contributed by atoms with Crippen LogP contribution < -0.4 is 5.32 Å². The first-order chi connectivity index (χ1) is 7.99. The van der Waals surface area contributed by atoms with Gasteiger partial charge in [0.1, 0.15) is 0 Å². The Bertz CT molecular complexity index is 185. The van der Waals surface area contributed by atoms with E-state index in [0.717, 1.165) is 26.2 Å². The Morgan fingerprint density at radius 3 is 2.35 bits per heavy atom. The summed E-state index contributed by atoms with van der Waals surface area (Å²) in [6.45, 7) is 15.4. The van der Waals surface area contributed by atoms with E-state index in [1.54, 1.807) is 0 Å². The van der Waals surface area contributed by atoms with Crippen molar-refractivity contribution in [2.24, 2.45) is 5.41 Å². The van der Waals surface area contributed by atoms with Crippen molar-refractivity contribution in [1.82, 2.24) is 10.2 Å². The van der Waals surface area contributed by atoms with E-state index in [2.05, 4.69) is 44.8 Å². The normalized spacial score (nSPS) is 15.5. The Kier molecular flexibility index (Phi) is 8.83. The zero-order chi connectivity index (χ0) is 13.3. The van der Waals surface area contributed by atoms with Crippen molar-refractivity contribution in [2.75, 3.05) is 32.8 Å². The van der Waals surface area contributed by atoms with Gasteiger partial charge in [0, 0.05) is 25.7 Å². The van der Waals surface area contributed by atoms with Gasteiger partial charge in [-0.3, -0.25) is 4.90 Å². The van der Waals surface area contributed by atoms with Crippen LogP contribution in [-0.2, 0) is 0 Å². The van der Waals surface area contributed by atoms with E-state index in [9.17, 15) is 0 Å². The lowest BCUT2D eigenvalue weighted by Crippen LogP contribution is -2.45. The summed E-state index contributed by atoms with van der Waals surface area (Å²) < 4.78 is 0. The molecule has 0 spiro atoms. The van der Waals surface area contributed by atoms with Crippen molar-refractivity contribution in [3.05, 3.63) is 0 Å². The minimum absolute atomic E-state index is 0.250. The smallest absolute Gasteiger partial charge is 0.0558 e. The molecule has 0 bridgehead atoms. The fourth-order valence-corrected chi connectivity index (χ4v) is 2.00. The molecule has 0 radical (unpaired) electrons. The highest BCUT2D eigenvalue weighted by Crippen LogP contribution is 2.22. The average molecular weight is 244 g/mol. The van der Waals surface area contributed by atoms with Gasteiger partial charge in [0.2, 0.25) is 0 Å². The number of hydrogen-bond acceptors (Lipinski definition) is 3. The lowest BCUT2D eigenvalue weighted by atomic mass is 9.86. The van der Waals surface area contributed by atoms with Crippen molar-refractivity contribution in [3.8, 4) is 0 Å². The van der Waals surface area contributed by atoms with Crippen molar-refractivity contribution < 1.29 is 5.11 Å². The zero-order valence-corrected chi connectivity index (χ0v) is 12.4. The van der Waals surface area contributed by atoms with Crippen LogP contribution in [0.5, 0.6) is 0 Å². The lowest BCUT2D eigenvalue weighted by molar-refractivity contribution is 0.104. The second-order valence-corrected chi connectivity index (χ2v) is 5.63. The highest BCUT2D eigenvalue weighted by molar-refractivity contribution is 4.81. The molecule has 3 nitrogen and oxygen atoms in total. The molecule has 1 atom stereocenters. The molecule has 0 amide bonds. The first kappa shape index (κ1) is 16.9. The molecule has 0 fully saturated rings. The second kappa shape index (κ2) is 8.90. The molecule has 0 aromatic heterocycles. The van der Waals surface area contributed by atoms with E-state index in [-0.39, 0.29) is 6.61 Å². The van der Waals surface area contributed by atoms with Gasteiger partial charge in [-0.05, 0) is 38.6 Å². The van der Waals surface area contributed by atoms with Gasteiger partial charge in [0.15, 0.2) is 0 Å². The van der Waals surface area contributed by atoms with Gasteiger partial charge in [-0.15, -0.1) is 0 Å². The fourth-order valence-electron chi connectivity index (χ4n) is 2.00. The number of rotatable bonds is 10. The molecule has 0 saturated carbocycles. The van der Waals surface area contributed by atoms with E-state index in [1.807, 2.05) is 0 Å². The Morgan fingerprint density at radius 1 is 1.29 bits per heavy atom. The van der Waals surface area contributed by atoms with Gasteiger partial charge in [-0.25, -0.2) is 0 Å². The summed E-state index contributed by atoms with van der Waals surface area (Å²) in [6.07, 6.45) is 2.35. The van der Waals surface area contributed by atoms with Crippen LogP contribution in [-0.4, -0.2) is 48.8 Å². The molecule has 0 aromatic rings. The van der Waals surface area contributed by atoms with Crippen LogP contribution in [0.15, 0.2) is 0 Å². The van der Waals surface area contributed by atoms with E-state index in [0.29, 0.717) is 11.5 Å². The highest BCUT2D eigenvalue weighted by atomic mass is 16.3. The lowest BCUT2D eigenvalue weighted by Gasteiger charge is -2.37. The molecule has 2 N–H and O–H groups in total. The minimum atomic E-state index is 0.250. The maximum absolute atomic E-state index is 9.11. The van der Waals surface area contributed by atoms with Crippen molar-refractivity contribution in [1.29, 1.82) is 0 Å². The molecule has 0 aliphatic heterocycles. The van der Waals surface area contributed by atoms with E-state index < -0.39 is 0 Å². The molecule has 0 saturated heterocycles. The van der Waals surface area contributed by atoms with Gasteiger partial charge in [-0.1, -0.05) is 20.8 Å². The number of nitrogens with one attached hydrogen (secondary N) is 1. The number of aliphatic hydroxyl groups excluding tert-OH is 1. The van der Waals surface area contributed by atoms with Gasteiger partial charge >= 0.3 is 0 Å². The van der Waals surface area contributed by atoms with Crippen molar-refractivity contribution in [2.45, 2.75) is 53.5 Å². The average Bonchev–Trinajstić information content (AvgIpc) is 2.29. The minimum Gasteiger partial charge on any atom is -0.395 e. The second-order valence-electron chi connectivity index (χ2n) is 5.63. The van der Waals surface area contributed by atoms with Gasteiger partial charge < -0.3 is 10.4 Å². The standard InChI is InChI=1S/C14H32N2O/c1-6-8-15-11-14(5,7-2)12-16(9-10-17)13(3)4/h13,15,17H,6-12H2,1-5H3. The first-order valence-corrected chi connectivity index (χ1v) is 7.04. The van der Waals surface area contributed by atoms with Crippen LogP contribution in [0.1, 0.15) is 47.5 Å². The van der Waals surface area contributed by atoms with E-state index >= 15 is 0 Å². The number of hydrogen-bond donors (Lipinski definition) is 2. The predicted molar refractivity (Wildman–Crippen MR) is 75.4 cm³/mol. The molecule has 1 unspecified atom stereocenters. The molecular weight excluding hydrogens is 212 g/mol. The van der Waals surface area contributed by atoms with Gasteiger partial charge in [-0.2, -0.15) is 0 Å². The highest BCUT2D eigenvalue weighted by Gasteiger charge is 2.25. The molecular formula is C14H32N2O. The maximum atomic E-state index is 9.11. The van der Waals surface area contributed by atoms with Crippen LogP contribution in [0.25, 0.3) is 0 Å². The molecule has 0 heterocycles. The fraction of sp³-hybridized carbons (Fsp3) is 1.00. The van der Waals surface area contributed by atoms with Crippen LogP contribution in [0, 0.1) is 5.41 Å². The quantitative estimate of drug-likeness (QED) is 0.578. The topological polar surface area (TPSA) is 35.5 Å². The van der Waals surface area contributed by atoms with Crippen LogP contribution >= 0.6 is 0 Å². The largest absolute Gasteiger partial charge is 0.395 e. The van der Waals surface area contributed by atoms with Gasteiger partial charge in [0.05, 0.1) is 6.61 Å². The van der Waals surface area contributed by atoms with Crippen LogP contribution in [0.3, 0.4) is 0 Å². The molecule has 17 heavy (non-hydrogen) atoms. The third kappa shape index (κ3) is 7.02. The summed E-state index contributed by atoms with van der Waals surface area (Å²) in [5.74, 6) is 0. The van der Waals surface area contributed by atoms with E-state index in [4.69, 9.17) is 5.11 Å². The third-order valence-electron chi connectivity index (χ3n) is 3.53. The maximum Gasteiger partial charge on any atom is 0.0558 e. The van der Waals surface area contributed by atoms with Crippen molar-refractivity contribution >= 4 is 0 Å². The Balaban J connectivity index is 4.30. The zero-order valence-electron chi connectivity index (χ0n) is 12.4. The number of aliphatic hydroxyl groups is 1. The predicted octanol–water partition coefficient (Wildman–Crippen LogP) is 2.10. The number of nitrogens with zero attached hydrogens (tertiary/aromatic N) is 1. The molecule has 0 rings (SSSR count). The molecule has 3 heteroatoms. The van der Waals surface area contributed by atoms with Crippen LogP contribution in [0.2, 0.25) is 0 Å². The first-order valence-electron chi connectivity index (χ1n) is 7.04. The van der Waals surface area contributed by atoms with Crippen molar-refractivity contribution in [3.63, 3.8) is 0 Å². The molecule has 0 aliphatic rings. The monoisotopic (exact) mass is 244 g/mol. The Morgan fingerprint density at radius 2 is 1.94 bits per heavy atom. The SMILES string of the molecule is CCCNCC(C)(CC)CN(CCO)C(C)C. The Hall–Kier alpha value is -0.120. The third-order valence-corrected chi connectivity index (χ3v) is 3.53. The summed E-state index contributed by atoms with van der Waals surface area (Å²) in [4.78, 5) is 2.37. The molecule has 0 aromatic carbocycles. The summed E-state index contributed by atoms with van der Waals surface area (Å²) in [6, 6.07) is 0.499. The Labute approximate surface area is 108 Å². The summed E-state index contributed by atoms with van der Waals surface area (Å²) in [5.41, 5.74) is 0.300. The summed E-state index contributed by atoms with van der Waals surface area (Å²) >= 11 is 0. The van der Waals surface area contributed by atoms with E-state index in [1.165, 1.54) is 12.8 Å². The summed E-state index contributed by atoms with van der Waals surface area (Å²) in [5, 5.41) is 12.6. The molecule has 0 aliphatic carbocycles. The van der Waals surface area contributed by atoms with Gasteiger partial charge in [0.25, 0.3) is 0 Å². The molecule has 104 valence electrons.